The van der Waals surface area contributed by atoms with Gasteiger partial charge in [-0.1, -0.05) is 6.92 Å². The summed E-state index contributed by atoms with van der Waals surface area (Å²) in [4.78, 5) is 22.9. The summed E-state index contributed by atoms with van der Waals surface area (Å²) in [7, 11) is 0. The van der Waals surface area contributed by atoms with Gasteiger partial charge in [-0.05, 0) is 49.9 Å². The highest BCUT2D eigenvalue weighted by Crippen LogP contribution is 2.58. The lowest BCUT2D eigenvalue weighted by Crippen LogP contribution is -2.45. The zero-order valence-corrected chi connectivity index (χ0v) is 12.0. The van der Waals surface area contributed by atoms with E-state index in [2.05, 4.69) is 6.92 Å². The number of hydrogen-bond acceptors (Lipinski definition) is 3. The molecule has 3 aliphatic carbocycles. The van der Waals surface area contributed by atoms with E-state index in [1.54, 1.807) is 0 Å². The molecule has 19 heavy (non-hydrogen) atoms. The first-order chi connectivity index (χ1) is 8.99. The summed E-state index contributed by atoms with van der Waals surface area (Å²) in [5.74, 6) is 2.24. The molecule has 0 heterocycles. The monoisotopic (exact) mass is 264 g/mol. The smallest absolute Gasteiger partial charge is 0.302 e. The van der Waals surface area contributed by atoms with Gasteiger partial charge in [-0.3, -0.25) is 9.59 Å². The van der Waals surface area contributed by atoms with Crippen LogP contribution in [-0.2, 0) is 14.3 Å². The molecule has 3 rings (SSSR count). The van der Waals surface area contributed by atoms with Crippen LogP contribution in [0.5, 0.6) is 0 Å². The van der Waals surface area contributed by atoms with Crippen molar-refractivity contribution < 1.29 is 14.3 Å². The van der Waals surface area contributed by atoms with Crippen LogP contribution in [0.2, 0.25) is 0 Å². The van der Waals surface area contributed by atoms with Gasteiger partial charge in [0.2, 0.25) is 0 Å². The van der Waals surface area contributed by atoms with Crippen molar-refractivity contribution >= 4 is 11.8 Å². The summed E-state index contributed by atoms with van der Waals surface area (Å²) in [6.45, 7) is 3.83. The molecule has 3 fully saturated rings. The van der Waals surface area contributed by atoms with Crippen LogP contribution in [0, 0.1) is 23.2 Å². The largest absolute Gasteiger partial charge is 0.462 e. The van der Waals surface area contributed by atoms with Gasteiger partial charge in [0.25, 0.3) is 0 Å². The Labute approximate surface area is 115 Å². The van der Waals surface area contributed by atoms with Crippen LogP contribution in [0.3, 0.4) is 0 Å². The lowest BCUT2D eigenvalue weighted by atomic mass is 9.57. The van der Waals surface area contributed by atoms with Crippen molar-refractivity contribution in [1.82, 2.24) is 0 Å². The first-order valence-corrected chi connectivity index (χ1v) is 7.68. The van der Waals surface area contributed by atoms with Gasteiger partial charge in [-0.15, -0.1) is 0 Å². The normalized spacial score (nSPS) is 45.5. The highest BCUT2D eigenvalue weighted by Gasteiger charge is 2.54. The van der Waals surface area contributed by atoms with Crippen molar-refractivity contribution in [3.63, 3.8) is 0 Å². The second-order valence-corrected chi connectivity index (χ2v) is 7.12. The highest BCUT2D eigenvalue weighted by atomic mass is 16.5. The van der Waals surface area contributed by atoms with Gasteiger partial charge in [-0.2, -0.15) is 0 Å². The Morgan fingerprint density at radius 1 is 1.26 bits per heavy atom. The zero-order chi connectivity index (χ0) is 13.6. The van der Waals surface area contributed by atoms with Crippen molar-refractivity contribution in [2.75, 3.05) is 0 Å². The van der Waals surface area contributed by atoms with Crippen LogP contribution < -0.4 is 0 Å². The summed E-state index contributed by atoms with van der Waals surface area (Å²) in [6.07, 6.45) is 7.21. The van der Waals surface area contributed by atoms with Crippen LogP contribution in [0.4, 0.5) is 0 Å². The van der Waals surface area contributed by atoms with Gasteiger partial charge in [-0.25, -0.2) is 0 Å². The van der Waals surface area contributed by atoms with Crippen LogP contribution in [0.25, 0.3) is 0 Å². The Morgan fingerprint density at radius 3 is 2.79 bits per heavy atom. The lowest BCUT2D eigenvalue weighted by Gasteiger charge is -2.48. The second-order valence-electron chi connectivity index (χ2n) is 7.12. The number of esters is 1. The summed E-state index contributed by atoms with van der Waals surface area (Å²) in [5.41, 5.74) is 0.160. The minimum absolute atomic E-state index is 0.105. The number of carbonyl (C=O) groups is 2. The van der Waals surface area contributed by atoms with Gasteiger partial charge in [0.05, 0.1) is 0 Å². The third-order valence-corrected chi connectivity index (χ3v) is 5.99. The number of ketones is 1. The predicted molar refractivity (Wildman–Crippen MR) is 71.5 cm³/mol. The molecule has 0 unspecified atom stereocenters. The molecule has 0 saturated heterocycles. The van der Waals surface area contributed by atoms with Crippen LogP contribution in [-0.4, -0.2) is 17.9 Å². The standard InChI is InChI=1S/C16H24O3/c1-10(17)19-15-6-4-13-7-12-8-14(18)5-3-11(12)9-16(13,15)2/h11-13,15H,3-9H2,1-2H3/t11-,12+,13+,15+,16+/m1/s1. The fourth-order valence-electron chi connectivity index (χ4n) is 4.97. The van der Waals surface area contributed by atoms with Crippen molar-refractivity contribution in [3.8, 4) is 0 Å². The number of ether oxygens (including phenoxy) is 1. The fourth-order valence-corrected chi connectivity index (χ4v) is 4.97. The summed E-state index contributed by atoms with van der Waals surface area (Å²) in [5, 5.41) is 0. The number of Topliss-reactive ketones (excluding diaryl/α,β-unsaturated/α-hetero) is 1. The van der Waals surface area contributed by atoms with E-state index in [1.807, 2.05) is 0 Å². The fraction of sp³-hybridized carbons (Fsp3) is 0.875. The van der Waals surface area contributed by atoms with Gasteiger partial charge >= 0.3 is 5.97 Å². The van der Waals surface area contributed by atoms with Crippen molar-refractivity contribution in [1.29, 1.82) is 0 Å². The highest BCUT2D eigenvalue weighted by molar-refractivity contribution is 5.79. The Hall–Kier alpha value is -0.860. The molecular formula is C16H24O3. The Kier molecular flexibility index (Phi) is 3.18. The topological polar surface area (TPSA) is 43.4 Å². The van der Waals surface area contributed by atoms with Gasteiger partial charge in [0.15, 0.2) is 0 Å². The molecule has 0 aromatic rings. The van der Waals surface area contributed by atoms with Crippen molar-refractivity contribution in [2.45, 2.75) is 64.9 Å². The van der Waals surface area contributed by atoms with Crippen molar-refractivity contribution in [3.05, 3.63) is 0 Å². The molecule has 0 spiro atoms. The molecule has 0 aromatic carbocycles. The molecule has 106 valence electrons. The van der Waals surface area contributed by atoms with E-state index in [9.17, 15) is 9.59 Å². The zero-order valence-electron chi connectivity index (χ0n) is 12.0. The Bertz CT molecular complexity index is 403. The molecule has 0 aromatic heterocycles. The maximum Gasteiger partial charge on any atom is 0.302 e. The lowest BCUT2D eigenvalue weighted by molar-refractivity contribution is -0.155. The quantitative estimate of drug-likeness (QED) is 0.683. The molecule has 5 atom stereocenters. The molecule has 0 radical (unpaired) electrons. The van der Waals surface area contributed by atoms with E-state index in [4.69, 9.17) is 4.74 Å². The molecule has 3 heteroatoms. The number of hydrogen-bond donors (Lipinski definition) is 0. The van der Waals surface area contributed by atoms with Gasteiger partial charge < -0.3 is 4.74 Å². The van der Waals surface area contributed by atoms with Crippen molar-refractivity contribution in [2.24, 2.45) is 23.2 Å². The molecule has 0 bridgehead atoms. The van der Waals surface area contributed by atoms with E-state index in [-0.39, 0.29) is 17.5 Å². The van der Waals surface area contributed by atoms with Gasteiger partial charge in [0.1, 0.15) is 11.9 Å². The second kappa shape index (κ2) is 4.60. The van der Waals surface area contributed by atoms with Crippen LogP contribution >= 0.6 is 0 Å². The summed E-state index contributed by atoms with van der Waals surface area (Å²) >= 11 is 0. The van der Waals surface area contributed by atoms with E-state index in [1.165, 1.54) is 13.3 Å². The number of rotatable bonds is 1. The summed E-state index contributed by atoms with van der Waals surface area (Å²) in [6, 6.07) is 0. The molecule has 3 saturated carbocycles. The maximum absolute atomic E-state index is 11.6. The van der Waals surface area contributed by atoms with E-state index >= 15 is 0 Å². The van der Waals surface area contributed by atoms with E-state index < -0.39 is 0 Å². The molecule has 3 nitrogen and oxygen atoms in total. The number of carbonyl (C=O) groups excluding carboxylic acids is 2. The molecule has 0 N–H and O–H groups in total. The predicted octanol–water partition coefficient (Wildman–Crippen LogP) is 3.11. The Morgan fingerprint density at radius 2 is 2.05 bits per heavy atom. The average Bonchev–Trinajstić information content (AvgIpc) is 2.63. The molecule has 3 aliphatic rings. The summed E-state index contributed by atoms with van der Waals surface area (Å²) < 4.78 is 5.58. The third-order valence-electron chi connectivity index (χ3n) is 5.99. The molecule has 0 amide bonds. The first kappa shape index (κ1) is 13.1. The molecule has 0 aliphatic heterocycles. The minimum Gasteiger partial charge on any atom is -0.462 e. The van der Waals surface area contributed by atoms with E-state index in [0.29, 0.717) is 23.5 Å². The average molecular weight is 264 g/mol. The minimum atomic E-state index is -0.146. The number of fused-ring (bicyclic) bond motifs is 2. The van der Waals surface area contributed by atoms with Crippen LogP contribution in [0.15, 0.2) is 0 Å². The van der Waals surface area contributed by atoms with E-state index in [0.717, 1.165) is 38.5 Å². The third kappa shape index (κ3) is 2.21. The first-order valence-electron chi connectivity index (χ1n) is 7.68. The van der Waals surface area contributed by atoms with Crippen LogP contribution in [0.1, 0.15) is 58.8 Å². The van der Waals surface area contributed by atoms with Gasteiger partial charge in [0, 0.05) is 25.2 Å². The SMILES string of the molecule is CC(=O)O[C@H]1CC[C@H]2C[C@H]3CC(=O)CC[C@@H]3C[C@@]21C. The maximum atomic E-state index is 11.6. The molecular weight excluding hydrogens is 240 g/mol. The Balaban J connectivity index is 1.76.